The molecule has 0 saturated heterocycles. The molecule has 0 bridgehead atoms. The van der Waals surface area contributed by atoms with Crippen molar-refractivity contribution >= 4 is 23.3 Å². The zero-order chi connectivity index (χ0) is 15.6. The van der Waals surface area contributed by atoms with Gasteiger partial charge in [-0.2, -0.15) is 0 Å². The van der Waals surface area contributed by atoms with Gasteiger partial charge in [-0.25, -0.2) is 13.6 Å². The first-order valence-corrected chi connectivity index (χ1v) is 5.78. The summed E-state index contributed by atoms with van der Waals surface area (Å²) in [6.07, 6.45) is 0. The highest BCUT2D eigenvalue weighted by Gasteiger charge is 2.15. The number of carboxylic acid groups (broad SMARTS) is 1. The number of anilines is 2. The number of amides is 1. The Balaban J connectivity index is 2.28. The van der Waals surface area contributed by atoms with E-state index in [9.17, 15) is 18.4 Å². The molecule has 7 heteroatoms. The maximum Gasteiger partial charge on any atom is 0.335 e. The van der Waals surface area contributed by atoms with Gasteiger partial charge in [0, 0.05) is 0 Å². The molecular formula is C14H10F2N2O3. The lowest BCUT2D eigenvalue weighted by atomic mass is 10.1. The topological polar surface area (TPSA) is 92.4 Å². The molecule has 2 aromatic carbocycles. The number of benzene rings is 2. The van der Waals surface area contributed by atoms with Crippen LogP contribution in [-0.4, -0.2) is 17.0 Å². The lowest BCUT2D eigenvalue weighted by Crippen LogP contribution is -2.16. The van der Waals surface area contributed by atoms with Crippen molar-refractivity contribution in [1.29, 1.82) is 0 Å². The highest BCUT2D eigenvalue weighted by atomic mass is 19.1. The van der Waals surface area contributed by atoms with Crippen LogP contribution in [0.25, 0.3) is 0 Å². The first kappa shape index (κ1) is 14.4. The molecule has 21 heavy (non-hydrogen) atoms. The fourth-order valence-corrected chi connectivity index (χ4v) is 1.67. The van der Waals surface area contributed by atoms with Crippen molar-refractivity contribution in [1.82, 2.24) is 0 Å². The summed E-state index contributed by atoms with van der Waals surface area (Å²) in [7, 11) is 0. The molecule has 0 aromatic heterocycles. The Morgan fingerprint density at radius 2 is 1.81 bits per heavy atom. The molecule has 0 fully saturated rings. The Hall–Kier alpha value is -2.96. The summed E-state index contributed by atoms with van der Waals surface area (Å²) in [5, 5.41) is 10.9. The summed E-state index contributed by atoms with van der Waals surface area (Å²) in [5.74, 6) is -3.77. The zero-order valence-electron chi connectivity index (χ0n) is 10.6. The number of nitrogen functional groups attached to an aromatic ring is 1. The number of hydrogen-bond acceptors (Lipinski definition) is 3. The molecule has 108 valence electrons. The van der Waals surface area contributed by atoms with Crippen LogP contribution < -0.4 is 11.1 Å². The minimum Gasteiger partial charge on any atom is -0.478 e. The summed E-state index contributed by atoms with van der Waals surface area (Å²) < 4.78 is 26.9. The molecular weight excluding hydrogens is 282 g/mol. The largest absolute Gasteiger partial charge is 0.478 e. The average Bonchev–Trinajstić information content (AvgIpc) is 2.43. The molecule has 0 heterocycles. The second-order valence-corrected chi connectivity index (χ2v) is 4.15. The van der Waals surface area contributed by atoms with Crippen molar-refractivity contribution in [3.63, 3.8) is 0 Å². The molecule has 4 N–H and O–H groups in total. The molecule has 0 spiro atoms. The standard InChI is InChI=1S/C14H10F2N2O3/c15-9-3-1-2-8(12(9)17)13(19)18-11-5-4-7(14(20)21)6-10(11)16/h1-6H,17H2,(H,18,19)(H,20,21). The van der Waals surface area contributed by atoms with Gasteiger partial charge in [-0.3, -0.25) is 4.79 Å². The van der Waals surface area contributed by atoms with Crippen molar-refractivity contribution in [2.24, 2.45) is 0 Å². The summed E-state index contributed by atoms with van der Waals surface area (Å²) >= 11 is 0. The molecule has 5 nitrogen and oxygen atoms in total. The third-order valence-electron chi connectivity index (χ3n) is 2.76. The van der Waals surface area contributed by atoms with Crippen LogP contribution in [0.2, 0.25) is 0 Å². The fourth-order valence-electron chi connectivity index (χ4n) is 1.67. The van der Waals surface area contributed by atoms with Gasteiger partial charge in [-0.1, -0.05) is 6.07 Å². The molecule has 0 unspecified atom stereocenters. The van der Waals surface area contributed by atoms with Gasteiger partial charge in [0.2, 0.25) is 0 Å². The van der Waals surface area contributed by atoms with Gasteiger partial charge < -0.3 is 16.2 Å². The van der Waals surface area contributed by atoms with Crippen molar-refractivity contribution in [3.05, 3.63) is 59.2 Å². The Morgan fingerprint density at radius 1 is 1.10 bits per heavy atom. The second-order valence-electron chi connectivity index (χ2n) is 4.15. The first-order valence-electron chi connectivity index (χ1n) is 5.78. The Bertz CT molecular complexity index is 732. The van der Waals surface area contributed by atoms with Gasteiger partial charge in [0.1, 0.15) is 11.6 Å². The number of carboxylic acids is 1. The lowest BCUT2D eigenvalue weighted by molar-refractivity contribution is 0.0696. The second kappa shape index (κ2) is 5.58. The van der Waals surface area contributed by atoms with Gasteiger partial charge >= 0.3 is 5.97 Å². The van der Waals surface area contributed by atoms with Crippen molar-refractivity contribution in [2.45, 2.75) is 0 Å². The number of para-hydroxylation sites is 1. The number of hydrogen-bond donors (Lipinski definition) is 3. The number of halogens is 2. The van der Waals surface area contributed by atoms with Crippen LogP contribution in [0.15, 0.2) is 36.4 Å². The van der Waals surface area contributed by atoms with Crippen LogP contribution in [0, 0.1) is 11.6 Å². The van der Waals surface area contributed by atoms with E-state index in [1.54, 1.807) is 0 Å². The third kappa shape index (κ3) is 2.97. The molecule has 0 aliphatic rings. The van der Waals surface area contributed by atoms with E-state index < -0.39 is 23.5 Å². The molecule has 2 aromatic rings. The lowest BCUT2D eigenvalue weighted by Gasteiger charge is -2.09. The highest BCUT2D eigenvalue weighted by Crippen LogP contribution is 2.20. The van der Waals surface area contributed by atoms with Gasteiger partial charge in [0.05, 0.1) is 22.5 Å². The number of nitrogens with two attached hydrogens (primary N) is 1. The zero-order valence-corrected chi connectivity index (χ0v) is 10.6. The quantitative estimate of drug-likeness (QED) is 0.758. The number of nitrogens with one attached hydrogen (secondary N) is 1. The molecule has 0 aliphatic carbocycles. The van der Waals surface area contributed by atoms with Crippen LogP contribution in [0.5, 0.6) is 0 Å². The summed E-state index contributed by atoms with van der Waals surface area (Å²) in [6, 6.07) is 6.69. The SMILES string of the molecule is Nc1c(F)cccc1C(=O)Nc1ccc(C(=O)O)cc1F. The van der Waals surface area contributed by atoms with Gasteiger partial charge in [0.15, 0.2) is 0 Å². The smallest absolute Gasteiger partial charge is 0.335 e. The van der Waals surface area contributed by atoms with E-state index in [0.717, 1.165) is 24.3 Å². The Labute approximate surface area is 118 Å². The van der Waals surface area contributed by atoms with E-state index in [-0.39, 0.29) is 22.5 Å². The molecule has 0 saturated carbocycles. The van der Waals surface area contributed by atoms with Crippen LogP contribution in [0.4, 0.5) is 20.2 Å². The molecule has 1 amide bonds. The maximum absolute atomic E-state index is 13.7. The molecule has 0 radical (unpaired) electrons. The van der Waals surface area contributed by atoms with E-state index in [1.807, 2.05) is 0 Å². The van der Waals surface area contributed by atoms with E-state index >= 15 is 0 Å². The van der Waals surface area contributed by atoms with Gasteiger partial charge in [0.25, 0.3) is 5.91 Å². The number of carbonyl (C=O) groups excluding carboxylic acids is 1. The number of carbonyl (C=O) groups is 2. The summed E-state index contributed by atoms with van der Waals surface area (Å²) in [6.45, 7) is 0. The summed E-state index contributed by atoms with van der Waals surface area (Å²) in [4.78, 5) is 22.6. The Kier molecular flexibility index (Phi) is 3.84. The monoisotopic (exact) mass is 292 g/mol. The molecule has 2 rings (SSSR count). The minimum absolute atomic E-state index is 0.142. The highest BCUT2D eigenvalue weighted by molar-refractivity contribution is 6.08. The van der Waals surface area contributed by atoms with E-state index in [0.29, 0.717) is 0 Å². The molecule has 0 aliphatic heterocycles. The van der Waals surface area contributed by atoms with E-state index in [1.165, 1.54) is 12.1 Å². The third-order valence-corrected chi connectivity index (χ3v) is 2.76. The predicted molar refractivity (Wildman–Crippen MR) is 72.1 cm³/mol. The fraction of sp³-hybridized carbons (Fsp3) is 0. The van der Waals surface area contributed by atoms with Crippen molar-refractivity contribution < 1.29 is 23.5 Å². The van der Waals surface area contributed by atoms with Crippen molar-refractivity contribution in [3.8, 4) is 0 Å². The van der Waals surface area contributed by atoms with Crippen LogP contribution in [0.1, 0.15) is 20.7 Å². The van der Waals surface area contributed by atoms with E-state index in [4.69, 9.17) is 10.8 Å². The van der Waals surface area contributed by atoms with Crippen LogP contribution >= 0.6 is 0 Å². The Morgan fingerprint density at radius 3 is 2.43 bits per heavy atom. The maximum atomic E-state index is 13.7. The predicted octanol–water partition coefficient (Wildman–Crippen LogP) is 2.50. The number of rotatable bonds is 3. The molecule has 0 atom stereocenters. The van der Waals surface area contributed by atoms with E-state index in [2.05, 4.69) is 5.32 Å². The van der Waals surface area contributed by atoms with Crippen molar-refractivity contribution in [2.75, 3.05) is 11.1 Å². The summed E-state index contributed by atoms with van der Waals surface area (Å²) in [5.41, 5.74) is 4.46. The van der Waals surface area contributed by atoms with Crippen LogP contribution in [-0.2, 0) is 0 Å². The number of aromatic carboxylic acids is 1. The van der Waals surface area contributed by atoms with Gasteiger partial charge in [-0.15, -0.1) is 0 Å². The minimum atomic E-state index is -1.29. The average molecular weight is 292 g/mol. The normalized spacial score (nSPS) is 10.2. The van der Waals surface area contributed by atoms with Crippen LogP contribution in [0.3, 0.4) is 0 Å². The van der Waals surface area contributed by atoms with Gasteiger partial charge in [-0.05, 0) is 30.3 Å². The first-order chi connectivity index (χ1) is 9.90.